The van der Waals surface area contributed by atoms with Crippen LogP contribution in [-0.2, 0) is 6.54 Å². The molecule has 0 aliphatic carbocycles. The lowest BCUT2D eigenvalue weighted by Gasteiger charge is -2.19. The number of carbonyl (C=O) groups excluding carboxylic acids is 1. The van der Waals surface area contributed by atoms with Crippen molar-refractivity contribution in [1.82, 2.24) is 14.5 Å². The van der Waals surface area contributed by atoms with E-state index in [1.807, 2.05) is 54.6 Å². The fourth-order valence-electron chi connectivity index (χ4n) is 2.40. The van der Waals surface area contributed by atoms with E-state index in [4.69, 9.17) is 0 Å². The van der Waals surface area contributed by atoms with Crippen LogP contribution in [0.4, 0.5) is 0 Å². The fraction of sp³-hybridized carbons (Fsp3) is 0.111. The highest BCUT2D eigenvalue weighted by Gasteiger charge is 2.18. The second kappa shape index (κ2) is 6.79. The van der Waals surface area contributed by atoms with Crippen LogP contribution in [0, 0.1) is 0 Å². The van der Waals surface area contributed by atoms with E-state index in [1.54, 1.807) is 29.0 Å². The average molecular weight is 370 g/mol. The molecule has 23 heavy (non-hydrogen) atoms. The molecule has 2 aromatic carbocycles. The van der Waals surface area contributed by atoms with E-state index in [0.29, 0.717) is 12.2 Å². The summed E-state index contributed by atoms with van der Waals surface area (Å²) in [5.41, 5.74) is 2.53. The number of carbonyl (C=O) groups is 1. The Morgan fingerprint density at radius 2 is 1.83 bits per heavy atom. The molecule has 0 atom stereocenters. The summed E-state index contributed by atoms with van der Waals surface area (Å²) >= 11 is 3.52. The average Bonchev–Trinajstić information content (AvgIpc) is 3.06. The lowest BCUT2D eigenvalue weighted by molar-refractivity contribution is 0.0777. The van der Waals surface area contributed by atoms with Gasteiger partial charge in [-0.15, -0.1) is 0 Å². The minimum Gasteiger partial charge on any atom is -0.336 e. The van der Waals surface area contributed by atoms with Gasteiger partial charge in [0.2, 0.25) is 0 Å². The number of rotatable bonds is 4. The molecule has 1 aromatic heterocycles. The number of hydrogen-bond donors (Lipinski definition) is 0. The Hall–Kier alpha value is -2.40. The van der Waals surface area contributed by atoms with Crippen molar-refractivity contribution < 1.29 is 4.79 Å². The summed E-state index contributed by atoms with van der Waals surface area (Å²) in [5, 5.41) is 0. The number of amides is 1. The van der Waals surface area contributed by atoms with Crippen LogP contribution in [0.1, 0.15) is 16.1 Å². The molecule has 3 rings (SSSR count). The first-order valence-corrected chi connectivity index (χ1v) is 8.03. The smallest absolute Gasteiger partial charge is 0.272 e. The van der Waals surface area contributed by atoms with Gasteiger partial charge in [-0.1, -0.05) is 52.3 Å². The molecule has 4 nitrogen and oxygen atoms in total. The van der Waals surface area contributed by atoms with Crippen molar-refractivity contribution in [3.8, 4) is 5.69 Å². The summed E-state index contributed by atoms with van der Waals surface area (Å²) in [7, 11) is 1.80. The number of nitrogens with zero attached hydrogens (tertiary/aromatic N) is 3. The van der Waals surface area contributed by atoms with E-state index < -0.39 is 0 Å². The van der Waals surface area contributed by atoms with Crippen molar-refractivity contribution in [3.63, 3.8) is 0 Å². The molecule has 1 heterocycles. The maximum atomic E-state index is 12.8. The first-order chi connectivity index (χ1) is 11.2. The Labute approximate surface area is 143 Å². The van der Waals surface area contributed by atoms with Crippen LogP contribution in [0.15, 0.2) is 71.6 Å². The molecule has 0 spiro atoms. The van der Waals surface area contributed by atoms with Crippen molar-refractivity contribution in [1.29, 1.82) is 0 Å². The quantitative estimate of drug-likeness (QED) is 0.699. The highest BCUT2D eigenvalue weighted by Crippen LogP contribution is 2.19. The van der Waals surface area contributed by atoms with Crippen molar-refractivity contribution in [2.75, 3.05) is 7.05 Å². The van der Waals surface area contributed by atoms with Gasteiger partial charge in [-0.05, 0) is 23.8 Å². The van der Waals surface area contributed by atoms with Crippen LogP contribution in [0.5, 0.6) is 0 Å². The molecule has 0 saturated heterocycles. The molecule has 0 saturated carbocycles. The Morgan fingerprint density at radius 3 is 2.57 bits per heavy atom. The van der Waals surface area contributed by atoms with Crippen molar-refractivity contribution in [2.24, 2.45) is 0 Å². The molecular weight excluding hydrogens is 354 g/mol. The third-order valence-electron chi connectivity index (χ3n) is 3.60. The summed E-state index contributed by atoms with van der Waals surface area (Å²) in [6, 6.07) is 17.6. The van der Waals surface area contributed by atoms with Gasteiger partial charge < -0.3 is 4.90 Å². The summed E-state index contributed by atoms with van der Waals surface area (Å²) in [6.45, 7) is 0.528. The van der Waals surface area contributed by atoms with Crippen molar-refractivity contribution in [2.45, 2.75) is 6.54 Å². The van der Waals surface area contributed by atoms with Crippen molar-refractivity contribution in [3.05, 3.63) is 82.9 Å². The zero-order valence-corrected chi connectivity index (χ0v) is 14.3. The number of aromatic nitrogens is 2. The summed E-state index contributed by atoms with van der Waals surface area (Å²) in [5.74, 6) is -0.0675. The third kappa shape index (κ3) is 3.35. The fourth-order valence-corrected chi connectivity index (χ4v) is 2.81. The van der Waals surface area contributed by atoms with Gasteiger partial charge in [0.15, 0.2) is 0 Å². The standard InChI is InChI=1S/C18H16BrN3O/c1-21(12-14-7-5-6-10-16(14)19)18(23)17-11-20-13-22(17)15-8-3-2-4-9-15/h2-11,13H,12H2,1H3. The number of halogens is 1. The molecule has 0 N–H and O–H groups in total. The molecule has 1 amide bonds. The Kier molecular flexibility index (Phi) is 4.57. The first kappa shape index (κ1) is 15.5. The molecule has 0 radical (unpaired) electrons. The summed E-state index contributed by atoms with van der Waals surface area (Å²) in [4.78, 5) is 18.6. The SMILES string of the molecule is CN(Cc1ccccc1Br)C(=O)c1cncn1-c1ccccc1. The first-order valence-electron chi connectivity index (χ1n) is 7.23. The van der Waals surface area contributed by atoms with E-state index in [9.17, 15) is 4.79 Å². The highest BCUT2D eigenvalue weighted by molar-refractivity contribution is 9.10. The minimum atomic E-state index is -0.0675. The number of imidazole rings is 1. The van der Waals surface area contributed by atoms with E-state index >= 15 is 0 Å². The van der Waals surface area contributed by atoms with E-state index in [2.05, 4.69) is 20.9 Å². The van der Waals surface area contributed by atoms with Crippen molar-refractivity contribution >= 4 is 21.8 Å². The number of benzene rings is 2. The van der Waals surface area contributed by atoms with Gasteiger partial charge in [-0.2, -0.15) is 0 Å². The van der Waals surface area contributed by atoms with Crippen LogP contribution < -0.4 is 0 Å². The Balaban J connectivity index is 1.84. The normalized spacial score (nSPS) is 10.5. The van der Waals surface area contributed by atoms with Gasteiger partial charge in [0.05, 0.1) is 12.5 Å². The van der Waals surface area contributed by atoms with Gasteiger partial charge in [-0.25, -0.2) is 4.98 Å². The second-order valence-corrected chi connectivity index (χ2v) is 6.09. The lowest BCUT2D eigenvalue weighted by Crippen LogP contribution is -2.28. The maximum Gasteiger partial charge on any atom is 0.272 e. The van der Waals surface area contributed by atoms with Gasteiger partial charge >= 0.3 is 0 Å². The largest absolute Gasteiger partial charge is 0.336 e. The molecule has 116 valence electrons. The molecule has 0 aliphatic rings. The van der Waals surface area contributed by atoms with Gasteiger partial charge in [0, 0.05) is 23.8 Å². The van der Waals surface area contributed by atoms with Crippen LogP contribution in [-0.4, -0.2) is 27.4 Å². The molecule has 5 heteroatoms. The molecule has 3 aromatic rings. The predicted octanol–water partition coefficient (Wildman–Crippen LogP) is 3.91. The predicted molar refractivity (Wildman–Crippen MR) is 93.5 cm³/mol. The molecule has 0 fully saturated rings. The van der Waals surface area contributed by atoms with E-state index in [-0.39, 0.29) is 5.91 Å². The van der Waals surface area contributed by atoms with E-state index in [1.165, 1.54) is 0 Å². The monoisotopic (exact) mass is 369 g/mol. The van der Waals surface area contributed by atoms with Gasteiger partial charge in [0.1, 0.15) is 5.69 Å². The number of hydrogen-bond acceptors (Lipinski definition) is 2. The molecule has 0 bridgehead atoms. The third-order valence-corrected chi connectivity index (χ3v) is 4.38. The molecular formula is C18H16BrN3O. The Morgan fingerprint density at radius 1 is 1.13 bits per heavy atom. The zero-order valence-electron chi connectivity index (χ0n) is 12.7. The summed E-state index contributed by atoms with van der Waals surface area (Å²) < 4.78 is 2.80. The maximum absolute atomic E-state index is 12.8. The zero-order chi connectivity index (χ0) is 16.2. The number of para-hydroxylation sites is 1. The highest BCUT2D eigenvalue weighted by atomic mass is 79.9. The minimum absolute atomic E-state index is 0.0675. The lowest BCUT2D eigenvalue weighted by atomic mass is 10.2. The molecule has 0 unspecified atom stereocenters. The Bertz CT molecular complexity index is 814. The van der Waals surface area contributed by atoms with Crippen LogP contribution >= 0.6 is 15.9 Å². The summed E-state index contributed by atoms with van der Waals surface area (Å²) in [6.07, 6.45) is 3.26. The van der Waals surface area contributed by atoms with E-state index in [0.717, 1.165) is 15.7 Å². The second-order valence-electron chi connectivity index (χ2n) is 5.24. The van der Waals surface area contributed by atoms with Gasteiger partial charge in [0.25, 0.3) is 5.91 Å². The van der Waals surface area contributed by atoms with Crippen LogP contribution in [0.2, 0.25) is 0 Å². The topological polar surface area (TPSA) is 38.1 Å². The van der Waals surface area contributed by atoms with Crippen LogP contribution in [0.3, 0.4) is 0 Å². The van der Waals surface area contributed by atoms with Crippen LogP contribution in [0.25, 0.3) is 5.69 Å². The molecule has 0 aliphatic heterocycles. The van der Waals surface area contributed by atoms with Gasteiger partial charge in [-0.3, -0.25) is 9.36 Å².